The van der Waals surface area contributed by atoms with Gasteiger partial charge in [-0.15, -0.1) is 0 Å². The van der Waals surface area contributed by atoms with Crippen molar-refractivity contribution in [2.75, 3.05) is 13.1 Å². The summed E-state index contributed by atoms with van der Waals surface area (Å²) in [6.45, 7) is 8.95. The molecule has 2 nitrogen and oxygen atoms in total. The largest absolute Gasteiger partial charge is 0.286 e. The van der Waals surface area contributed by atoms with Crippen molar-refractivity contribution in [1.29, 1.82) is 5.26 Å². The number of unbranched alkanes of at least 4 members (excludes halogenated alkanes) is 1. The zero-order valence-electron chi connectivity index (χ0n) is 11.8. The fourth-order valence-corrected chi connectivity index (χ4v) is 2.90. The Balaban J connectivity index is 2.69. The highest BCUT2D eigenvalue weighted by Gasteiger charge is 2.38. The predicted octanol–water partition coefficient (Wildman–Crippen LogP) is 3.97. The van der Waals surface area contributed by atoms with Gasteiger partial charge in [-0.1, -0.05) is 27.2 Å². The van der Waals surface area contributed by atoms with Crippen molar-refractivity contribution in [3.8, 4) is 6.07 Å². The Kier molecular flexibility index (Phi) is 5.98. The first-order valence-electron chi connectivity index (χ1n) is 7.34. The van der Waals surface area contributed by atoms with Gasteiger partial charge in [0.05, 0.1) is 6.07 Å². The summed E-state index contributed by atoms with van der Waals surface area (Å²) in [5.74, 6) is 0.811. The van der Waals surface area contributed by atoms with E-state index in [4.69, 9.17) is 0 Å². The summed E-state index contributed by atoms with van der Waals surface area (Å²) >= 11 is 0. The minimum absolute atomic E-state index is 0.141. The van der Waals surface area contributed by atoms with Gasteiger partial charge >= 0.3 is 0 Å². The van der Waals surface area contributed by atoms with Crippen molar-refractivity contribution >= 4 is 0 Å². The average molecular weight is 236 g/mol. The Bertz CT molecular complexity index is 246. The van der Waals surface area contributed by atoms with E-state index >= 15 is 0 Å². The van der Waals surface area contributed by atoms with Crippen LogP contribution >= 0.6 is 0 Å². The van der Waals surface area contributed by atoms with Crippen molar-refractivity contribution in [2.24, 2.45) is 5.92 Å². The number of hydrogen-bond donors (Lipinski definition) is 0. The molecule has 1 fully saturated rings. The maximum atomic E-state index is 9.63. The lowest BCUT2D eigenvalue weighted by Crippen LogP contribution is -2.50. The summed E-state index contributed by atoms with van der Waals surface area (Å²) in [5.41, 5.74) is -0.141. The van der Waals surface area contributed by atoms with E-state index in [0.29, 0.717) is 0 Å². The summed E-state index contributed by atoms with van der Waals surface area (Å²) in [6.07, 6.45) is 8.20. The average Bonchev–Trinajstić information content (AvgIpc) is 2.36. The Labute approximate surface area is 107 Å². The second-order valence-electron chi connectivity index (χ2n) is 5.67. The van der Waals surface area contributed by atoms with E-state index in [1.165, 1.54) is 25.7 Å². The normalized spacial score (nSPS) is 29.2. The third-order valence-corrected chi connectivity index (χ3v) is 4.19. The molecule has 0 aromatic rings. The third kappa shape index (κ3) is 3.71. The molecule has 0 amide bonds. The Morgan fingerprint density at radius 3 is 2.29 bits per heavy atom. The molecule has 0 radical (unpaired) electrons. The lowest BCUT2D eigenvalue weighted by atomic mass is 9.76. The molecular formula is C15H28N2. The molecule has 98 valence electrons. The van der Waals surface area contributed by atoms with Crippen LogP contribution in [0.1, 0.15) is 65.7 Å². The van der Waals surface area contributed by atoms with Gasteiger partial charge in [0.25, 0.3) is 0 Å². The van der Waals surface area contributed by atoms with E-state index in [1.807, 2.05) is 0 Å². The maximum Gasteiger partial charge on any atom is 0.109 e. The quantitative estimate of drug-likeness (QED) is 0.697. The van der Waals surface area contributed by atoms with E-state index < -0.39 is 0 Å². The Hall–Kier alpha value is -0.550. The lowest BCUT2D eigenvalue weighted by molar-refractivity contribution is 0.0820. The van der Waals surface area contributed by atoms with Crippen LogP contribution in [-0.4, -0.2) is 23.5 Å². The van der Waals surface area contributed by atoms with Crippen molar-refractivity contribution < 1.29 is 0 Å². The van der Waals surface area contributed by atoms with Crippen molar-refractivity contribution in [1.82, 2.24) is 4.90 Å². The third-order valence-electron chi connectivity index (χ3n) is 4.19. The first-order valence-corrected chi connectivity index (χ1v) is 7.34. The molecule has 0 unspecified atom stereocenters. The summed E-state index contributed by atoms with van der Waals surface area (Å²) in [7, 11) is 0. The van der Waals surface area contributed by atoms with Crippen molar-refractivity contribution in [3.05, 3.63) is 0 Å². The van der Waals surface area contributed by atoms with Gasteiger partial charge in [-0.25, -0.2) is 0 Å². The van der Waals surface area contributed by atoms with E-state index in [2.05, 4.69) is 31.7 Å². The summed E-state index contributed by atoms with van der Waals surface area (Å²) in [5, 5.41) is 9.63. The van der Waals surface area contributed by atoms with Crippen LogP contribution in [0, 0.1) is 17.2 Å². The van der Waals surface area contributed by atoms with Crippen LogP contribution in [0.3, 0.4) is 0 Å². The monoisotopic (exact) mass is 236 g/mol. The van der Waals surface area contributed by atoms with Crippen LogP contribution in [0.5, 0.6) is 0 Å². The highest BCUT2D eigenvalue weighted by atomic mass is 15.2. The standard InChI is InChI=1S/C15H28N2/c1-4-6-12-17(11-5-2)15(13-16)9-7-14(3)8-10-15/h14H,4-12H2,1-3H3. The molecule has 17 heavy (non-hydrogen) atoms. The van der Waals surface area contributed by atoms with Crippen LogP contribution in [0.15, 0.2) is 0 Å². The van der Waals surface area contributed by atoms with E-state index in [0.717, 1.165) is 38.3 Å². The molecule has 0 atom stereocenters. The first-order chi connectivity index (χ1) is 8.18. The van der Waals surface area contributed by atoms with E-state index in [9.17, 15) is 5.26 Å². The molecule has 0 aliphatic heterocycles. The highest BCUT2D eigenvalue weighted by molar-refractivity contribution is 5.10. The van der Waals surface area contributed by atoms with Gasteiger partial charge in [0.15, 0.2) is 0 Å². The molecule has 0 N–H and O–H groups in total. The van der Waals surface area contributed by atoms with Gasteiger partial charge in [0.2, 0.25) is 0 Å². The summed E-state index contributed by atoms with van der Waals surface area (Å²) in [4.78, 5) is 2.47. The highest BCUT2D eigenvalue weighted by Crippen LogP contribution is 2.36. The molecule has 0 bridgehead atoms. The van der Waals surface area contributed by atoms with Crippen molar-refractivity contribution in [3.63, 3.8) is 0 Å². The van der Waals surface area contributed by atoms with E-state index in [-0.39, 0.29) is 5.54 Å². The minimum Gasteiger partial charge on any atom is -0.286 e. The summed E-state index contributed by atoms with van der Waals surface area (Å²) in [6, 6.07) is 2.66. The molecule has 1 rings (SSSR count). The fraction of sp³-hybridized carbons (Fsp3) is 0.933. The zero-order valence-corrected chi connectivity index (χ0v) is 11.8. The van der Waals surface area contributed by atoms with Crippen LogP contribution in [-0.2, 0) is 0 Å². The second kappa shape index (κ2) is 7.01. The molecule has 0 spiro atoms. The zero-order chi connectivity index (χ0) is 12.7. The molecule has 0 saturated heterocycles. The second-order valence-corrected chi connectivity index (χ2v) is 5.67. The molecule has 1 aliphatic carbocycles. The molecule has 2 heteroatoms. The summed E-state index contributed by atoms with van der Waals surface area (Å²) < 4.78 is 0. The number of rotatable bonds is 6. The molecular weight excluding hydrogens is 208 g/mol. The first kappa shape index (κ1) is 14.5. The van der Waals surface area contributed by atoms with Crippen LogP contribution in [0.25, 0.3) is 0 Å². The van der Waals surface area contributed by atoms with Crippen LogP contribution in [0.2, 0.25) is 0 Å². The maximum absolute atomic E-state index is 9.63. The molecule has 0 aromatic carbocycles. The lowest BCUT2D eigenvalue weighted by Gasteiger charge is -2.43. The van der Waals surface area contributed by atoms with Crippen LogP contribution < -0.4 is 0 Å². The smallest absolute Gasteiger partial charge is 0.109 e. The molecule has 1 aliphatic rings. The van der Waals surface area contributed by atoms with Gasteiger partial charge in [0, 0.05) is 0 Å². The predicted molar refractivity (Wildman–Crippen MR) is 72.7 cm³/mol. The molecule has 1 saturated carbocycles. The number of hydrogen-bond acceptors (Lipinski definition) is 2. The Morgan fingerprint density at radius 2 is 1.82 bits per heavy atom. The number of nitrogens with zero attached hydrogens (tertiary/aromatic N) is 2. The fourth-order valence-electron chi connectivity index (χ4n) is 2.90. The van der Waals surface area contributed by atoms with Gasteiger partial charge in [-0.3, -0.25) is 4.90 Å². The molecule has 0 heterocycles. The van der Waals surface area contributed by atoms with Gasteiger partial charge in [-0.05, 0) is 57.5 Å². The van der Waals surface area contributed by atoms with Gasteiger partial charge < -0.3 is 0 Å². The van der Waals surface area contributed by atoms with Gasteiger partial charge in [0.1, 0.15) is 5.54 Å². The Morgan fingerprint density at radius 1 is 1.18 bits per heavy atom. The van der Waals surface area contributed by atoms with Gasteiger partial charge in [-0.2, -0.15) is 5.26 Å². The topological polar surface area (TPSA) is 27.0 Å². The SMILES string of the molecule is CCCCN(CCC)C1(C#N)CCC(C)CC1. The van der Waals surface area contributed by atoms with Crippen molar-refractivity contribution in [2.45, 2.75) is 71.3 Å². The van der Waals surface area contributed by atoms with E-state index in [1.54, 1.807) is 0 Å². The molecule has 0 aromatic heterocycles. The van der Waals surface area contributed by atoms with Crippen LogP contribution in [0.4, 0.5) is 0 Å². The number of nitriles is 1. The minimum atomic E-state index is -0.141.